The molecule has 3 rings (SSSR count). The molecule has 0 saturated heterocycles. The molecule has 1 amide bonds. The minimum Gasteiger partial charge on any atom is -0.462 e. The third-order valence-electron chi connectivity index (χ3n) is 3.57. The van der Waals surface area contributed by atoms with Crippen molar-refractivity contribution in [3.05, 3.63) is 46.5 Å². The zero-order chi connectivity index (χ0) is 17.3. The molecular formula is C17H17N3O3S. The Morgan fingerprint density at radius 2 is 2.00 bits per heavy atom. The van der Waals surface area contributed by atoms with Crippen LogP contribution >= 0.6 is 11.3 Å². The number of carbonyl (C=O) groups is 2. The van der Waals surface area contributed by atoms with Crippen molar-refractivity contribution in [2.24, 2.45) is 7.05 Å². The fourth-order valence-corrected chi connectivity index (χ4v) is 3.43. The summed E-state index contributed by atoms with van der Waals surface area (Å²) >= 11 is 1.40. The van der Waals surface area contributed by atoms with Crippen LogP contribution in [0.3, 0.4) is 0 Å². The molecule has 24 heavy (non-hydrogen) atoms. The van der Waals surface area contributed by atoms with E-state index < -0.39 is 0 Å². The SMILES string of the molecule is CCOC(=O)c1ccc(NC(=O)c2cc3c(C)nn(C)c3s2)cc1. The Labute approximate surface area is 143 Å². The summed E-state index contributed by atoms with van der Waals surface area (Å²) in [6, 6.07) is 8.48. The van der Waals surface area contributed by atoms with Gasteiger partial charge in [0.1, 0.15) is 4.83 Å². The Hall–Kier alpha value is -2.67. The summed E-state index contributed by atoms with van der Waals surface area (Å²) in [7, 11) is 1.86. The number of nitrogens with one attached hydrogen (secondary N) is 1. The standard InChI is InChI=1S/C17H17N3O3S/c1-4-23-17(22)11-5-7-12(8-6-11)18-15(21)14-9-13-10(2)19-20(3)16(13)24-14/h5-9H,4H2,1-3H3,(H,18,21). The van der Waals surface area contributed by atoms with Gasteiger partial charge in [-0.15, -0.1) is 11.3 Å². The summed E-state index contributed by atoms with van der Waals surface area (Å²) in [6.07, 6.45) is 0. The molecule has 6 nitrogen and oxygen atoms in total. The summed E-state index contributed by atoms with van der Waals surface area (Å²) in [5.74, 6) is -0.553. The molecule has 124 valence electrons. The van der Waals surface area contributed by atoms with E-state index in [0.29, 0.717) is 22.7 Å². The third-order valence-corrected chi connectivity index (χ3v) is 4.77. The molecule has 0 spiro atoms. The Morgan fingerprint density at radius 1 is 1.29 bits per heavy atom. The van der Waals surface area contributed by atoms with Gasteiger partial charge in [0.15, 0.2) is 0 Å². The first kappa shape index (κ1) is 16.2. The first-order chi connectivity index (χ1) is 11.5. The Bertz CT molecular complexity index is 875. The van der Waals surface area contributed by atoms with Crippen molar-refractivity contribution in [2.45, 2.75) is 13.8 Å². The quantitative estimate of drug-likeness (QED) is 0.737. The van der Waals surface area contributed by atoms with E-state index in [1.165, 1.54) is 11.3 Å². The molecule has 0 bridgehead atoms. The number of carbonyl (C=O) groups excluding carboxylic acids is 2. The van der Waals surface area contributed by atoms with Gasteiger partial charge in [0.05, 0.1) is 22.7 Å². The predicted octanol–water partition coefficient (Wildman–Crippen LogP) is 3.37. The van der Waals surface area contributed by atoms with Crippen LogP contribution < -0.4 is 5.32 Å². The largest absolute Gasteiger partial charge is 0.462 e. The number of aromatic nitrogens is 2. The van der Waals surface area contributed by atoms with Gasteiger partial charge in [0.25, 0.3) is 5.91 Å². The summed E-state index contributed by atoms with van der Waals surface area (Å²) < 4.78 is 6.71. The molecule has 0 aliphatic carbocycles. The zero-order valence-corrected chi connectivity index (χ0v) is 14.4. The molecule has 0 radical (unpaired) electrons. The van der Waals surface area contributed by atoms with Crippen LogP contribution in [0.5, 0.6) is 0 Å². The normalized spacial score (nSPS) is 10.8. The van der Waals surface area contributed by atoms with Crippen LogP contribution in [0.1, 0.15) is 32.6 Å². The first-order valence-corrected chi connectivity index (χ1v) is 8.33. The smallest absolute Gasteiger partial charge is 0.338 e. The van der Waals surface area contributed by atoms with Gasteiger partial charge in [-0.3, -0.25) is 9.48 Å². The number of rotatable bonds is 4. The van der Waals surface area contributed by atoms with Crippen molar-refractivity contribution in [2.75, 3.05) is 11.9 Å². The van der Waals surface area contributed by atoms with E-state index in [-0.39, 0.29) is 11.9 Å². The van der Waals surface area contributed by atoms with Crippen molar-refractivity contribution >= 4 is 39.1 Å². The lowest BCUT2D eigenvalue weighted by Gasteiger charge is -2.05. The minimum absolute atomic E-state index is 0.181. The minimum atomic E-state index is -0.372. The fraction of sp³-hybridized carbons (Fsp3) is 0.235. The monoisotopic (exact) mass is 343 g/mol. The van der Waals surface area contributed by atoms with Crippen LogP contribution in [0.25, 0.3) is 10.2 Å². The van der Waals surface area contributed by atoms with E-state index in [1.54, 1.807) is 35.9 Å². The number of thiophene rings is 1. The van der Waals surface area contributed by atoms with Crippen molar-refractivity contribution in [3.8, 4) is 0 Å². The van der Waals surface area contributed by atoms with E-state index in [0.717, 1.165) is 15.9 Å². The molecule has 1 N–H and O–H groups in total. The highest BCUT2D eigenvalue weighted by Gasteiger charge is 2.15. The maximum absolute atomic E-state index is 12.4. The Kier molecular flexibility index (Phi) is 4.35. The highest BCUT2D eigenvalue weighted by atomic mass is 32.1. The molecule has 0 aliphatic rings. The van der Waals surface area contributed by atoms with Crippen LogP contribution in [0.15, 0.2) is 30.3 Å². The molecule has 2 heterocycles. The lowest BCUT2D eigenvalue weighted by atomic mass is 10.2. The number of aryl methyl sites for hydroxylation is 2. The Morgan fingerprint density at radius 3 is 2.62 bits per heavy atom. The molecule has 7 heteroatoms. The maximum atomic E-state index is 12.4. The highest BCUT2D eigenvalue weighted by molar-refractivity contribution is 7.20. The van der Waals surface area contributed by atoms with Gasteiger partial charge in [0, 0.05) is 18.1 Å². The number of fused-ring (bicyclic) bond motifs is 1. The summed E-state index contributed by atoms with van der Waals surface area (Å²) in [5.41, 5.74) is 1.99. The van der Waals surface area contributed by atoms with Crippen molar-refractivity contribution in [1.29, 1.82) is 0 Å². The second-order valence-electron chi connectivity index (χ2n) is 5.29. The van der Waals surface area contributed by atoms with E-state index in [2.05, 4.69) is 10.4 Å². The lowest BCUT2D eigenvalue weighted by molar-refractivity contribution is 0.0526. The second-order valence-corrected chi connectivity index (χ2v) is 6.32. The second kappa shape index (κ2) is 6.45. The van der Waals surface area contributed by atoms with Gasteiger partial charge in [-0.1, -0.05) is 0 Å². The Balaban J connectivity index is 1.76. The van der Waals surface area contributed by atoms with Gasteiger partial charge in [0.2, 0.25) is 0 Å². The molecule has 0 atom stereocenters. The van der Waals surface area contributed by atoms with Crippen LogP contribution in [0, 0.1) is 6.92 Å². The van der Waals surface area contributed by atoms with Gasteiger partial charge in [-0.05, 0) is 44.2 Å². The van der Waals surface area contributed by atoms with E-state index in [9.17, 15) is 9.59 Å². The number of hydrogen-bond donors (Lipinski definition) is 1. The molecule has 0 saturated carbocycles. The summed E-state index contributed by atoms with van der Waals surface area (Å²) in [5, 5.41) is 8.15. The van der Waals surface area contributed by atoms with Crippen LogP contribution in [0.2, 0.25) is 0 Å². The maximum Gasteiger partial charge on any atom is 0.338 e. The van der Waals surface area contributed by atoms with Crippen molar-refractivity contribution in [1.82, 2.24) is 9.78 Å². The summed E-state index contributed by atoms with van der Waals surface area (Å²) in [6.45, 7) is 4.01. The molecular weight excluding hydrogens is 326 g/mol. The van der Waals surface area contributed by atoms with E-state index in [1.807, 2.05) is 20.0 Å². The number of ether oxygens (including phenoxy) is 1. The highest BCUT2D eigenvalue weighted by Crippen LogP contribution is 2.28. The number of hydrogen-bond acceptors (Lipinski definition) is 5. The average Bonchev–Trinajstić information content (AvgIpc) is 3.10. The number of amides is 1. The van der Waals surface area contributed by atoms with E-state index in [4.69, 9.17) is 4.74 Å². The third kappa shape index (κ3) is 3.03. The average molecular weight is 343 g/mol. The van der Waals surface area contributed by atoms with Crippen LogP contribution in [0.4, 0.5) is 5.69 Å². The molecule has 2 aromatic heterocycles. The van der Waals surface area contributed by atoms with Gasteiger partial charge in [-0.25, -0.2) is 4.79 Å². The molecule has 0 unspecified atom stereocenters. The van der Waals surface area contributed by atoms with E-state index >= 15 is 0 Å². The predicted molar refractivity (Wildman–Crippen MR) is 93.7 cm³/mol. The van der Waals surface area contributed by atoms with Gasteiger partial charge in [-0.2, -0.15) is 5.10 Å². The first-order valence-electron chi connectivity index (χ1n) is 7.51. The fourth-order valence-electron chi connectivity index (χ4n) is 2.41. The molecule has 3 aromatic rings. The zero-order valence-electron chi connectivity index (χ0n) is 13.6. The molecule has 0 aliphatic heterocycles. The van der Waals surface area contributed by atoms with Gasteiger partial charge >= 0.3 is 5.97 Å². The number of anilines is 1. The van der Waals surface area contributed by atoms with Crippen LogP contribution in [-0.4, -0.2) is 28.3 Å². The molecule has 1 aromatic carbocycles. The molecule has 0 fully saturated rings. The number of esters is 1. The number of nitrogens with zero attached hydrogens (tertiary/aromatic N) is 2. The van der Waals surface area contributed by atoms with Crippen molar-refractivity contribution in [3.63, 3.8) is 0 Å². The van der Waals surface area contributed by atoms with Crippen molar-refractivity contribution < 1.29 is 14.3 Å². The summed E-state index contributed by atoms with van der Waals surface area (Å²) in [4.78, 5) is 25.6. The topological polar surface area (TPSA) is 73.2 Å². The number of benzene rings is 1. The van der Waals surface area contributed by atoms with Crippen LogP contribution in [-0.2, 0) is 11.8 Å². The van der Waals surface area contributed by atoms with Gasteiger partial charge < -0.3 is 10.1 Å². The lowest BCUT2D eigenvalue weighted by Crippen LogP contribution is -2.10.